The van der Waals surface area contributed by atoms with E-state index < -0.39 is 0 Å². The summed E-state index contributed by atoms with van der Waals surface area (Å²) in [5, 5.41) is 3.08. The lowest BCUT2D eigenvalue weighted by Crippen LogP contribution is -2.37. The third kappa shape index (κ3) is 2.86. The first-order chi connectivity index (χ1) is 8.16. The van der Waals surface area contributed by atoms with Crippen molar-refractivity contribution in [3.63, 3.8) is 0 Å². The van der Waals surface area contributed by atoms with Crippen LogP contribution in [0.5, 0.6) is 0 Å². The smallest absolute Gasteiger partial charge is 0.246 e. The lowest BCUT2D eigenvalue weighted by molar-refractivity contribution is -0.126. The zero-order valence-electron chi connectivity index (χ0n) is 10.5. The number of ether oxygens (including phenoxy) is 1. The highest BCUT2D eigenvalue weighted by Crippen LogP contribution is 2.45. The SMILES string of the molecule is CCOCC(=O)NC1(c2cccc(C)c2)CC1. The molecular formula is C14H19NO2. The van der Waals surface area contributed by atoms with Crippen molar-refractivity contribution in [1.82, 2.24) is 5.32 Å². The molecule has 1 aliphatic carbocycles. The molecule has 0 aliphatic heterocycles. The molecule has 1 saturated carbocycles. The van der Waals surface area contributed by atoms with Crippen molar-refractivity contribution in [2.75, 3.05) is 13.2 Å². The maximum absolute atomic E-state index is 11.7. The van der Waals surface area contributed by atoms with Crippen LogP contribution < -0.4 is 5.32 Å². The quantitative estimate of drug-likeness (QED) is 0.846. The van der Waals surface area contributed by atoms with Crippen molar-refractivity contribution in [1.29, 1.82) is 0 Å². The summed E-state index contributed by atoms with van der Waals surface area (Å²) >= 11 is 0. The van der Waals surface area contributed by atoms with Gasteiger partial charge in [0.25, 0.3) is 0 Å². The number of rotatable bonds is 5. The molecule has 1 aliphatic rings. The Kier molecular flexibility index (Phi) is 3.48. The van der Waals surface area contributed by atoms with Gasteiger partial charge in [-0.25, -0.2) is 0 Å². The van der Waals surface area contributed by atoms with Gasteiger partial charge >= 0.3 is 0 Å². The van der Waals surface area contributed by atoms with Gasteiger partial charge in [0.1, 0.15) is 6.61 Å². The van der Waals surface area contributed by atoms with Gasteiger partial charge < -0.3 is 10.1 Å². The largest absolute Gasteiger partial charge is 0.372 e. The number of carbonyl (C=O) groups is 1. The fraction of sp³-hybridized carbons (Fsp3) is 0.500. The van der Waals surface area contributed by atoms with Crippen molar-refractivity contribution < 1.29 is 9.53 Å². The number of benzene rings is 1. The van der Waals surface area contributed by atoms with Gasteiger partial charge in [0.2, 0.25) is 5.91 Å². The van der Waals surface area contributed by atoms with E-state index in [2.05, 4.69) is 30.4 Å². The maximum atomic E-state index is 11.7. The maximum Gasteiger partial charge on any atom is 0.246 e. The predicted molar refractivity (Wildman–Crippen MR) is 66.7 cm³/mol. The van der Waals surface area contributed by atoms with Gasteiger partial charge in [-0.2, -0.15) is 0 Å². The molecule has 0 atom stereocenters. The lowest BCUT2D eigenvalue weighted by atomic mass is 10.0. The molecule has 0 aromatic heterocycles. The van der Waals surface area contributed by atoms with Crippen molar-refractivity contribution in [3.05, 3.63) is 35.4 Å². The molecule has 0 radical (unpaired) electrons. The van der Waals surface area contributed by atoms with E-state index in [4.69, 9.17) is 4.74 Å². The second-order valence-electron chi connectivity index (χ2n) is 4.64. The van der Waals surface area contributed by atoms with E-state index in [0.29, 0.717) is 6.61 Å². The first kappa shape index (κ1) is 12.1. The average Bonchev–Trinajstić information content (AvgIpc) is 3.07. The van der Waals surface area contributed by atoms with E-state index in [-0.39, 0.29) is 18.1 Å². The molecule has 1 fully saturated rings. The fourth-order valence-corrected chi connectivity index (χ4v) is 2.05. The third-order valence-corrected chi connectivity index (χ3v) is 3.14. The van der Waals surface area contributed by atoms with E-state index in [1.807, 2.05) is 13.0 Å². The van der Waals surface area contributed by atoms with E-state index in [9.17, 15) is 4.79 Å². The summed E-state index contributed by atoms with van der Waals surface area (Å²) in [6, 6.07) is 8.34. The van der Waals surface area contributed by atoms with Crippen LogP contribution in [0.3, 0.4) is 0 Å². The zero-order chi connectivity index (χ0) is 12.3. The minimum atomic E-state index is -0.125. The van der Waals surface area contributed by atoms with Crippen LogP contribution in [-0.2, 0) is 15.1 Å². The van der Waals surface area contributed by atoms with Gasteiger partial charge in [0.05, 0.1) is 5.54 Å². The molecule has 92 valence electrons. The molecule has 3 heteroatoms. The summed E-state index contributed by atoms with van der Waals surface area (Å²) < 4.78 is 5.12. The van der Waals surface area contributed by atoms with Crippen LogP contribution in [0.4, 0.5) is 0 Å². The Morgan fingerprint density at radius 1 is 1.47 bits per heavy atom. The molecule has 0 bridgehead atoms. The Bertz CT molecular complexity index is 410. The minimum absolute atomic E-state index is 0.0224. The Balaban J connectivity index is 2.02. The van der Waals surface area contributed by atoms with Crippen LogP contribution in [0, 0.1) is 6.92 Å². The van der Waals surface area contributed by atoms with Gasteiger partial charge in [0.15, 0.2) is 0 Å². The van der Waals surface area contributed by atoms with Crippen LogP contribution in [0.1, 0.15) is 30.9 Å². The van der Waals surface area contributed by atoms with Crippen LogP contribution >= 0.6 is 0 Å². The number of hydrogen-bond donors (Lipinski definition) is 1. The van der Waals surface area contributed by atoms with E-state index in [1.165, 1.54) is 11.1 Å². The van der Waals surface area contributed by atoms with Crippen molar-refractivity contribution in [2.45, 2.75) is 32.2 Å². The molecule has 0 spiro atoms. The second kappa shape index (κ2) is 4.88. The zero-order valence-corrected chi connectivity index (χ0v) is 10.5. The molecule has 2 rings (SSSR count). The summed E-state index contributed by atoms with van der Waals surface area (Å²) in [6.07, 6.45) is 2.04. The third-order valence-electron chi connectivity index (χ3n) is 3.14. The topological polar surface area (TPSA) is 38.3 Å². The van der Waals surface area contributed by atoms with E-state index in [1.54, 1.807) is 0 Å². The van der Waals surface area contributed by atoms with Crippen molar-refractivity contribution in [2.24, 2.45) is 0 Å². The predicted octanol–water partition coefficient (Wildman–Crippen LogP) is 2.14. The van der Waals surface area contributed by atoms with Crippen LogP contribution in [0.15, 0.2) is 24.3 Å². The molecule has 1 aromatic carbocycles. The Labute approximate surface area is 102 Å². The Morgan fingerprint density at radius 3 is 2.82 bits per heavy atom. The number of aryl methyl sites for hydroxylation is 1. The van der Waals surface area contributed by atoms with Gasteiger partial charge in [-0.05, 0) is 32.3 Å². The molecule has 0 heterocycles. The highest BCUT2D eigenvalue weighted by molar-refractivity contribution is 5.78. The monoisotopic (exact) mass is 233 g/mol. The lowest BCUT2D eigenvalue weighted by Gasteiger charge is -2.18. The van der Waals surface area contributed by atoms with Gasteiger partial charge in [-0.1, -0.05) is 29.8 Å². The van der Waals surface area contributed by atoms with Crippen molar-refractivity contribution >= 4 is 5.91 Å². The van der Waals surface area contributed by atoms with Gasteiger partial charge in [0, 0.05) is 6.61 Å². The first-order valence-corrected chi connectivity index (χ1v) is 6.12. The summed E-state index contributed by atoms with van der Waals surface area (Å²) in [4.78, 5) is 11.7. The minimum Gasteiger partial charge on any atom is -0.372 e. The summed E-state index contributed by atoms with van der Waals surface area (Å²) in [5.41, 5.74) is 2.32. The molecule has 0 unspecified atom stereocenters. The fourth-order valence-electron chi connectivity index (χ4n) is 2.05. The van der Waals surface area contributed by atoms with E-state index >= 15 is 0 Å². The molecule has 0 saturated heterocycles. The first-order valence-electron chi connectivity index (χ1n) is 6.12. The highest BCUT2D eigenvalue weighted by atomic mass is 16.5. The Morgan fingerprint density at radius 2 is 2.24 bits per heavy atom. The number of carbonyl (C=O) groups excluding carboxylic acids is 1. The molecule has 1 N–H and O–H groups in total. The second-order valence-corrected chi connectivity index (χ2v) is 4.64. The molecule has 17 heavy (non-hydrogen) atoms. The van der Waals surface area contributed by atoms with Gasteiger partial charge in [-0.15, -0.1) is 0 Å². The normalized spacial score (nSPS) is 16.6. The standard InChI is InChI=1S/C14H19NO2/c1-3-17-10-13(16)15-14(7-8-14)12-6-4-5-11(2)9-12/h4-6,9H,3,7-8,10H2,1-2H3,(H,15,16). The molecule has 1 amide bonds. The summed E-state index contributed by atoms with van der Waals surface area (Å²) in [7, 11) is 0. The highest BCUT2D eigenvalue weighted by Gasteiger charge is 2.45. The van der Waals surface area contributed by atoms with Crippen LogP contribution in [0.2, 0.25) is 0 Å². The molecule has 1 aromatic rings. The van der Waals surface area contributed by atoms with Crippen LogP contribution in [0.25, 0.3) is 0 Å². The number of nitrogens with one attached hydrogen (secondary N) is 1. The van der Waals surface area contributed by atoms with Gasteiger partial charge in [-0.3, -0.25) is 4.79 Å². The molecular weight excluding hydrogens is 214 g/mol. The number of amides is 1. The summed E-state index contributed by atoms with van der Waals surface area (Å²) in [6.45, 7) is 4.69. The van der Waals surface area contributed by atoms with Crippen molar-refractivity contribution in [3.8, 4) is 0 Å². The summed E-state index contributed by atoms with van der Waals surface area (Å²) in [5.74, 6) is -0.0224. The van der Waals surface area contributed by atoms with Crippen LogP contribution in [-0.4, -0.2) is 19.1 Å². The molecule has 3 nitrogen and oxygen atoms in total. The number of hydrogen-bond acceptors (Lipinski definition) is 2. The average molecular weight is 233 g/mol. The Hall–Kier alpha value is -1.35. The van der Waals surface area contributed by atoms with E-state index in [0.717, 1.165) is 12.8 Å².